The predicted molar refractivity (Wildman–Crippen MR) is 83.8 cm³/mol. The van der Waals surface area contributed by atoms with Gasteiger partial charge in [-0.3, -0.25) is 0 Å². The summed E-state index contributed by atoms with van der Waals surface area (Å²) in [5.74, 6) is 0.231. The van der Waals surface area contributed by atoms with Gasteiger partial charge in [0, 0.05) is 5.02 Å². The van der Waals surface area contributed by atoms with Crippen LogP contribution in [-0.4, -0.2) is 36.5 Å². The van der Waals surface area contributed by atoms with Crippen LogP contribution in [0.5, 0.6) is 5.88 Å². The van der Waals surface area contributed by atoms with Gasteiger partial charge < -0.3 is 25.5 Å². The lowest BCUT2D eigenvalue weighted by molar-refractivity contribution is 0.129. The Kier molecular flexibility index (Phi) is 6.89. The van der Waals surface area contributed by atoms with Gasteiger partial charge in [0.15, 0.2) is 5.58 Å². The number of alkyl carbamates (subject to hydrolysis) is 1. The molecule has 0 aliphatic heterocycles. The van der Waals surface area contributed by atoms with Gasteiger partial charge in [0.25, 0.3) is 5.88 Å². The first-order valence-corrected chi connectivity index (χ1v) is 6.50. The third kappa shape index (κ3) is 5.47. The lowest BCUT2D eigenvalue weighted by Crippen LogP contribution is -2.39. The van der Waals surface area contributed by atoms with Crippen LogP contribution in [0, 0.1) is 0 Å². The van der Waals surface area contributed by atoms with Crippen molar-refractivity contribution in [1.29, 1.82) is 0 Å². The number of hydrogen-bond acceptors (Lipinski definition) is 7. The number of ether oxygens (including phenoxy) is 2. The van der Waals surface area contributed by atoms with E-state index >= 15 is 0 Å². The van der Waals surface area contributed by atoms with Crippen molar-refractivity contribution in [3.8, 4) is 5.88 Å². The van der Waals surface area contributed by atoms with E-state index in [0.29, 0.717) is 16.0 Å². The molecule has 1 aromatic heterocycles. The van der Waals surface area contributed by atoms with Crippen LogP contribution in [0.2, 0.25) is 5.02 Å². The fourth-order valence-electron chi connectivity index (χ4n) is 1.55. The second-order valence-corrected chi connectivity index (χ2v) is 4.72. The molecular weight excluding hydrogens is 351 g/mol. The molecule has 2 aromatic rings. The Morgan fingerprint density at radius 2 is 2.13 bits per heavy atom. The smallest absolute Gasteiger partial charge is 0.415 e. The summed E-state index contributed by atoms with van der Waals surface area (Å²) in [5.41, 5.74) is 11.0. The molecular formula is C12H14Cl2N4O5. The maximum absolute atomic E-state index is 11.0. The Morgan fingerprint density at radius 1 is 1.39 bits per heavy atom. The van der Waals surface area contributed by atoms with Gasteiger partial charge in [-0.05, 0) is 23.4 Å². The molecule has 5 N–H and O–H groups in total. The number of benzene rings is 1. The number of carbonyl (C=O) groups excluding carboxylic acids is 2. The SMILES string of the molecule is Cl.NC(=O)NC(=O)OCC(N)COc1noc2ccc(Cl)cc12. The number of halogens is 2. The van der Waals surface area contributed by atoms with Crippen molar-refractivity contribution in [3.05, 3.63) is 23.2 Å². The topological polar surface area (TPSA) is 143 Å². The summed E-state index contributed by atoms with van der Waals surface area (Å²) < 4.78 is 15.1. The molecule has 23 heavy (non-hydrogen) atoms. The normalized spacial score (nSPS) is 11.4. The Hall–Kier alpha value is -2.23. The van der Waals surface area contributed by atoms with E-state index in [2.05, 4.69) is 9.89 Å². The average molecular weight is 365 g/mol. The summed E-state index contributed by atoms with van der Waals surface area (Å²) in [7, 11) is 0. The molecule has 0 saturated carbocycles. The van der Waals surface area contributed by atoms with E-state index < -0.39 is 18.2 Å². The zero-order chi connectivity index (χ0) is 16.1. The van der Waals surface area contributed by atoms with Crippen molar-refractivity contribution in [2.75, 3.05) is 13.2 Å². The summed E-state index contributed by atoms with van der Waals surface area (Å²) in [6.07, 6.45) is -0.985. The number of nitrogens with two attached hydrogens (primary N) is 2. The van der Waals surface area contributed by atoms with Crippen molar-refractivity contribution in [1.82, 2.24) is 10.5 Å². The van der Waals surface area contributed by atoms with Crippen molar-refractivity contribution < 1.29 is 23.6 Å². The third-order valence-corrected chi connectivity index (χ3v) is 2.72. The zero-order valence-electron chi connectivity index (χ0n) is 11.7. The maximum Gasteiger partial charge on any atom is 0.415 e. The highest BCUT2D eigenvalue weighted by atomic mass is 35.5. The lowest BCUT2D eigenvalue weighted by atomic mass is 10.2. The minimum absolute atomic E-state index is 0. The molecule has 1 unspecified atom stereocenters. The van der Waals surface area contributed by atoms with Crippen molar-refractivity contribution in [2.45, 2.75) is 6.04 Å². The highest BCUT2D eigenvalue weighted by molar-refractivity contribution is 6.31. The van der Waals surface area contributed by atoms with E-state index in [-0.39, 0.29) is 31.5 Å². The third-order valence-electron chi connectivity index (χ3n) is 2.49. The second-order valence-electron chi connectivity index (χ2n) is 4.29. The number of urea groups is 1. The number of nitrogens with one attached hydrogen (secondary N) is 1. The number of primary amides is 1. The number of carbonyl (C=O) groups is 2. The van der Waals surface area contributed by atoms with Crippen molar-refractivity contribution in [3.63, 3.8) is 0 Å². The van der Waals surface area contributed by atoms with E-state index in [0.717, 1.165) is 0 Å². The minimum atomic E-state index is -1.01. The Bertz CT molecular complexity index is 693. The number of hydrogen-bond donors (Lipinski definition) is 3. The molecule has 11 heteroatoms. The molecule has 2 rings (SSSR count). The molecule has 0 fully saturated rings. The Balaban J connectivity index is 0.00000264. The van der Waals surface area contributed by atoms with Crippen LogP contribution < -0.4 is 21.5 Å². The van der Waals surface area contributed by atoms with Gasteiger partial charge in [-0.15, -0.1) is 12.4 Å². The molecule has 1 heterocycles. The Labute approximate surface area is 141 Å². The van der Waals surface area contributed by atoms with Gasteiger partial charge >= 0.3 is 12.1 Å². The molecule has 126 valence electrons. The highest BCUT2D eigenvalue weighted by Gasteiger charge is 2.13. The highest BCUT2D eigenvalue weighted by Crippen LogP contribution is 2.27. The number of nitrogens with zero attached hydrogens (tertiary/aromatic N) is 1. The van der Waals surface area contributed by atoms with Gasteiger partial charge in [-0.25, -0.2) is 14.9 Å². The van der Waals surface area contributed by atoms with E-state index in [9.17, 15) is 9.59 Å². The number of amides is 3. The summed E-state index contributed by atoms with van der Waals surface area (Å²) in [5, 5.41) is 6.60. The molecule has 9 nitrogen and oxygen atoms in total. The van der Waals surface area contributed by atoms with Gasteiger partial charge in [-0.1, -0.05) is 11.6 Å². The number of rotatable bonds is 5. The minimum Gasteiger partial charge on any atom is -0.473 e. The summed E-state index contributed by atoms with van der Waals surface area (Å²) in [6, 6.07) is 3.32. The molecule has 0 bridgehead atoms. The summed E-state index contributed by atoms with van der Waals surface area (Å²) in [6.45, 7) is -0.159. The van der Waals surface area contributed by atoms with Crippen LogP contribution in [0.1, 0.15) is 0 Å². The van der Waals surface area contributed by atoms with E-state index in [1.165, 1.54) is 0 Å². The first kappa shape index (κ1) is 18.8. The number of imide groups is 1. The van der Waals surface area contributed by atoms with Crippen LogP contribution in [0.4, 0.5) is 9.59 Å². The molecule has 0 aliphatic rings. The van der Waals surface area contributed by atoms with Crippen LogP contribution in [0.3, 0.4) is 0 Å². The molecule has 0 spiro atoms. The predicted octanol–water partition coefficient (Wildman–Crippen LogP) is 1.41. The molecule has 3 amide bonds. The monoisotopic (exact) mass is 364 g/mol. The second kappa shape index (κ2) is 8.42. The Morgan fingerprint density at radius 3 is 2.83 bits per heavy atom. The van der Waals surface area contributed by atoms with Crippen LogP contribution >= 0.6 is 24.0 Å². The first-order chi connectivity index (χ1) is 10.5. The largest absolute Gasteiger partial charge is 0.473 e. The number of fused-ring (bicyclic) bond motifs is 1. The van der Waals surface area contributed by atoms with Crippen LogP contribution in [-0.2, 0) is 4.74 Å². The molecule has 1 atom stereocenters. The molecule has 0 radical (unpaired) electrons. The number of aromatic nitrogens is 1. The van der Waals surface area contributed by atoms with Gasteiger partial charge in [-0.2, -0.15) is 0 Å². The summed E-state index contributed by atoms with van der Waals surface area (Å²) in [4.78, 5) is 21.4. The quantitative estimate of drug-likeness (QED) is 0.727. The van der Waals surface area contributed by atoms with E-state index in [1.807, 2.05) is 0 Å². The van der Waals surface area contributed by atoms with Gasteiger partial charge in [0.05, 0.1) is 11.4 Å². The van der Waals surface area contributed by atoms with Crippen LogP contribution in [0.15, 0.2) is 22.7 Å². The fraction of sp³-hybridized carbons (Fsp3) is 0.250. The van der Waals surface area contributed by atoms with Crippen LogP contribution in [0.25, 0.3) is 11.0 Å². The fourth-order valence-corrected chi connectivity index (χ4v) is 1.72. The van der Waals surface area contributed by atoms with Gasteiger partial charge in [0.1, 0.15) is 13.2 Å². The first-order valence-electron chi connectivity index (χ1n) is 6.12. The van der Waals surface area contributed by atoms with Gasteiger partial charge in [0.2, 0.25) is 0 Å². The lowest BCUT2D eigenvalue weighted by Gasteiger charge is -2.12. The van der Waals surface area contributed by atoms with E-state index in [1.54, 1.807) is 23.5 Å². The average Bonchev–Trinajstić information content (AvgIpc) is 2.84. The molecule has 0 saturated heterocycles. The van der Waals surface area contributed by atoms with E-state index in [4.69, 9.17) is 32.3 Å². The standard InChI is InChI=1S/C12H13ClN4O5.ClH/c13-6-1-2-9-8(3-6)10(17-22-9)20-4-7(14)5-21-12(19)16-11(15)18;/h1-3,7H,4-5,14H2,(H3,15,16,18,19);1H. The van der Waals surface area contributed by atoms with Crippen molar-refractivity contribution in [2.24, 2.45) is 11.5 Å². The summed E-state index contributed by atoms with van der Waals surface area (Å²) >= 11 is 5.88. The zero-order valence-corrected chi connectivity index (χ0v) is 13.2. The molecule has 1 aromatic carbocycles. The van der Waals surface area contributed by atoms with Crippen molar-refractivity contribution >= 4 is 47.1 Å². The maximum atomic E-state index is 11.0. The molecule has 0 aliphatic carbocycles.